The van der Waals surface area contributed by atoms with Crippen molar-refractivity contribution in [1.29, 1.82) is 5.26 Å². The van der Waals surface area contributed by atoms with E-state index in [4.69, 9.17) is 11.0 Å². The van der Waals surface area contributed by atoms with Crippen molar-refractivity contribution in [3.05, 3.63) is 34.8 Å². The molecule has 0 aliphatic rings. The first-order chi connectivity index (χ1) is 7.69. The molecule has 0 aliphatic heterocycles. The molecule has 0 amide bonds. The lowest BCUT2D eigenvalue weighted by molar-refractivity contribution is 1.15. The molecule has 0 saturated heterocycles. The third kappa shape index (κ3) is 2.35. The first-order valence-corrected chi connectivity index (χ1v) is 6.23. The van der Waals surface area contributed by atoms with Gasteiger partial charge in [-0.05, 0) is 31.2 Å². The largest absolute Gasteiger partial charge is 0.399 e. The predicted octanol–water partition coefficient (Wildman–Crippen LogP) is 3.06. The van der Waals surface area contributed by atoms with E-state index in [1.807, 2.05) is 31.2 Å². The van der Waals surface area contributed by atoms with E-state index < -0.39 is 0 Å². The van der Waals surface area contributed by atoms with Crippen LogP contribution in [0.15, 0.2) is 33.5 Å². The molecule has 1 aromatic carbocycles. The average molecular weight is 247 g/mol. The number of anilines is 1. The van der Waals surface area contributed by atoms with E-state index in [0.717, 1.165) is 20.6 Å². The third-order valence-corrected chi connectivity index (χ3v) is 4.09. The number of hydrogen-bond acceptors (Lipinski definition) is 5. The molecule has 0 unspecified atom stereocenters. The maximum Gasteiger partial charge on any atom is 0.156 e. The monoisotopic (exact) mass is 247 g/mol. The second-order valence-electron chi connectivity index (χ2n) is 3.18. The Balaban J connectivity index is 2.21. The van der Waals surface area contributed by atoms with Crippen LogP contribution < -0.4 is 5.73 Å². The molecule has 16 heavy (non-hydrogen) atoms. The molecular weight excluding hydrogens is 238 g/mol. The van der Waals surface area contributed by atoms with Crippen molar-refractivity contribution in [1.82, 2.24) is 4.98 Å². The Hall–Kier alpha value is -1.51. The summed E-state index contributed by atoms with van der Waals surface area (Å²) in [4.78, 5) is 6.08. The van der Waals surface area contributed by atoms with Crippen LogP contribution in [0.1, 0.15) is 10.6 Å². The van der Waals surface area contributed by atoms with Gasteiger partial charge in [0, 0.05) is 10.6 Å². The number of nitriles is 1. The highest BCUT2D eigenvalue weighted by Gasteiger charge is 2.07. The second kappa shape index (κ2) is 4.56. The molecule has 0 aliphatic carbocycles. The summed E-state index contributed by atoms with van der Waals surface area (Å²) in [5.41, 5.74) is 7.15. The molecule has 0 radical (unpaired) electrons. The summed E-state index contributed by atoms with van der Waals surface area (Å²) in [6.07, 6.45) is 0. The number of rotatable bonds is 2. The Bertz CT molecular complexity index is 537. The maximum absolute atomic E-state index is 8.83. The van der Waals surface area contributed by atoms with Gasteiger partial charge in [0.05, 0.1) is 5.69 Å². The number of nitrogens with two attached hydrogens (primary N) is 1. The van der Waals surface area contributed by atoms with E-state index in [2.05, 4.69) is 11.1 Å². The topological polar surface area (TPSA) is 62.7 Å². The number of thiazole rings is 1. The van der Waals surface area contributed by atoms with Crippen LogP contribution in [-0.2, 0) is 0 Å². The Labute approximate surface area is 102 Å². The summed E-state index contributed by atoms with van der Waals surface area (Å²) in [7, 11) is 0. The van der Waals surface area contributed by atoms with Crippen LogP contribution in [0.4, 0.5) is 5.69 Å². The van der Waals surface area contributed by atoms with Crippen LogP contribution >= 0.6 is 23.1 Å². The van der Waals surface area contributed by atoms with Crippen molar-refractivity contribution in [2.24, 2.45) is 0 Å². The summed E-state index contributed by atoms with van der Waals surface area (Å²) in [5.74, 6) is 0. The van der Waals surface area contributed by atoms with Crippen LogP contribution in [0.5, 0.6) is 0 Å². The van der Waals surface area contributed by atoms with E-state index >= 15 is 0 Å². The van der Waals surface area contributed by atoms with Crippen molar-refractivity contribution in [2.45, 2.75) is 16.2 Å². The molecule has 0 bridgehead atoms. The SMILES string of the molecule is Cc1nc(Sc2ccc(N)cc2)sc1C#N. The minimum Gasteiger partial charge on any atom is -0.399 e. The van der Waals surface area contributed by atoms with Gasteiger partial charge in [-0.1, -0.05) is 23.1 Å². The molecule has 2 N–H and O–H groups in total. The lowest BCUT2D eigenvalue weighted by Crippen LogP contribution is -1.82. The summed E-state index contributed by atoms with van der Waals surface area (Å²) in [6, 6.07) is 9.74. The standard InChI is InChI=1S/C11H9N3S2/c1-7-10(6-12)16-11(14-7)15-9-4-2-8(13)3-5-9/h2-5H,13H2,1H3. The van der Waals surface area contributed by atoms with Crippen LogP contribution in [0, 0.1) is 18.3 Å². The van der Waals surface area contributed by atoms with Crippen LogP contribution in [-0.4, -0.2) is 4.98 Å². The van der Waals surface area contributed by atoms with Crippen LogP contribution in [0.25, 0.3) is 0 Å². The fourth-order valence-corrected chi connectivity index (χ4v) is 3.11. The molecule has 0 atom stereocenters. The first-order valence-electron chi connectivity index (χ1n) is 4.60. The van der Waals surface area contributed by atoms with E-state index in [1.165, 1.54) is 11.3 Å². The molecule has 2 aromatic rings. The fourth-order valence-electron chi connectivity index (χ4n) is 1.16. The van der Waals surface area contributed by atoms with Gasteiger partial charge in [0.2, 0.25) is 0 Å². The minimum atomic E-state index is 0.679. The molecule has 0 saturated carbocycles. The quantitative estimate of drug-likeness (QED) is 0.828. The third-order valence-electron chi connectivity index (χ3n) is 1.96. The molecule has 80 valence electrons. The number of benzene rings is 1. The molecule has 5 heteroatoms. The summed E-state index contributed by atoms with van der Waals surface area (Å²) >= 11 is 2.97. The molecular formula is C11H9N3S2. The van der Waals surface area contributed by atoms with Crippen molar-refractivity contribution < 1.29 is 0 Å². The molecule has 1 heterocycles. The van der Waals surface area contributed by atoms with Gasteiger partial charge >= 0.3 is 0 Å². The van der Waals surface area contributed by atoms with Crippen molar-refractivity contribution in [3.8, 4) is 6.07 Å². The Morgan fingerprint density at radius 1 is 1.38 bits per heavy atom. The number of nitrogen functional groups attached to an aromatic ring is 1. The number of aryl methyl sites for hydroxylation is 1. The lowest BCUT2D eigenvalue weighted by atomic mass is 10.3. The van der Waals surface area contributed by atoms with Gasteiger partial charge in [0.15, 0.2) is 4.34 Å². The number of hydrogen-bond donors (Lipinski definition) is 1. The number of nitrogens with zero attached hydrogens (tertiary/aromatic N) is 2. The van der Waals surface area contributed by atoms with E-state index in [0.29, 0.717) is 4.88 Å². The zero-order chi connectivity index (χ0) is 11.5. The summed E-state index contributed by atoms with van der Waals surface area (Å²) in [5, 5.41) is 8.83. The normalized spacial score (nSPS) is 10.0. The van der Waals surface area contributed by atoms with Gasteiger partial charge in [-0.2, -0.15) is 5.26 Å². The van der Waals surface area contributed by atoms with Gasteiger partial charge in [-0.15, -0.1) is 0 Å². The average Bonchev–Trinajstić information content (AvgIpc) is 2.62. The van der Waals surface area contributed by atoms with Crippen LogP contribution in [0.2, 0.25) is 0 Å². The molecule has 0 spiro atoms. The van der Waals surface area contributed by atoms with Gasteiger partial charge in [-0.25, -0.2) is 4.98 Å². The Morgan fingerprint density at radius 2 is 2.06 bits per heavy atom. The van der Waals surface area contributed by atoms with Crippen molar-refractivity contribution in [3.63, 3.8) is 0 Å². The highest BCUT2D eigenvalue weighted by Crippen LogP contribution is 2.32. The first kappa shape index (κ1) is 11.0. The van der Waals surface area contributed by atoms with E-state index in [1.54, 1.807) is 11.8 Å². The van der Waals surface area contributed by atoms with E-state index in [9.17, 15) is 0 Å². The fraction of sp³-hybridized carbons (Fsp3) is 0.0909. The highest BCUT2D eigenvalue weighted by atomic mass is 32.2. The molecule has 0 fully saturated rings. The van der Waals surface area contributed by atoms with Gasteiger partial charge in [0.25, 0.3) is 0 Å². The summed E-state index contributed by atoms with van der Waals surface area (Å²) in [6.45, 7) is 1.85. The van der Waals surface area contributed by atoms with Gasteiger partial charge in [0.1, 0.15) is 10.9 Å². The predicted molar refractivity (Wildman–Crippen MR) is 66.5 cm³/mol. The number of aromatic nitrogens is 1. The smallest absolute Gasteiger partial charge is 0.156 e. The lowest BCUT2D eigenvalue weighted by Gasteiger charge is -1.97. The van der Waals surface area contributed by atoms with Crippen LogP contribution in [0.3, 0.4) is 0 Å². The van der Waals surface area contributed by atoms with Gasteiger partial charge < -0.3 is 5.73 Å². The molecule has 3 nitrogen and oxygen atoms in total. The van der Waals surface area contributed by atoms with E-state index in [-0.39, 0.29) is 0 Å². The zero-order valence-corrected chi connectivity index (χ0v) is 10.2. The summed E-state index contributed by atoms with van der Waals surface area (Å²) < 4.78 is 0.888. The highest BCUT2D eigenvalue weighted by molar-refractivity contribution is 8.01. The minimum absolute atomic E-state index is 0.679. The molecule has 1 aromatic heterocycles. The Morgan fingerprint density at radius 3 is 2.62 bits per heavy atom. The zero-order valence-electron chi connectivity index (χ0n) is 8.60. The van der Waals surface area contributed by atoms with Gasteiger partial charge in [-0.3, -0.25) is 0 Å². The second-order valence-corrected chi connectivity index (χ2v) is 5.50. The Kier molecular flexibility index (Phi) is 3.13. The molecule has 2 rings (SSSR count). The van der Waals surface area contributed by atoms with Crippen molar-refractivity contribution >= 4 is 28.8 Å². The maximum atomic E-state index is 8.83. The van der Waals surface area contributed by atoms with Crippen molar-refractivity contribution in [2.75, 3.05) is 5.73 Å².